The standard InChI is InChI=1S/C10H5F4NO/c11-6-3-5(4-15-10(6)14)7-1-2-8(16-7)9(12)13/h1-4,9H. The molecule has 0 unspecified atom stereocenters. The van der Waals surface area contributed by atoms with Gasteiger partial charge in [0.2, 0.25) is 5.95 Å². The van der Waals surface area contributed by atoms with E-state index in [0.29, 0.717) is 0 Å². The molecule has 16 heavy (non-hydrogen) atoms. The van der Waals surface area contributed by atoms with Crippen LogP contribution < -0.4 is 0 Å². The van der Waals surface area contributed by atoms with E-state index < -0.39 is 24.0 Å². The Bertz CT molecular complexity index is 509. The number of pyridine rings is 1. The molecule has 84 valence electrons. The van der Waals surface area contributed by atoms with Gasteiger partial charge in [-0.05, 0) is 18.2 Å². The fraction of sp³-hybridized carbons (Fsp3) is 0.100. The van der Waals surface area contributed by atoms with E-state index in [1.165, 1.54) is 6.07 Å². The molecule has 2 heterocycles. The second-order valence-electron chi connectivity index (χ2n) is 3.00. The fourth-order valence-corrected chi connectivity index (χ4v) is 1.18. The molecule has 0 aromatic carbocycles. The highest BCUT2D eigenvalue weighted by Gasteiger charge is 2.14. The third-order valence-corrected chi connectivity index (χ3v) is 1.92. The Hall–Kier alpha value is -1.85. The number of halogens is 4. The summed E-state index contributed by atoms with van der Waals surface area (Å²) in [6.07, 6.45) is -1.74. The van der Waals surface area contributed by atoms with E-state index in [4.69, 9.17) is 4.42 Å². The maximum Gasteiger partial charge on any atom is 0.295 e. The van der Waals surface area contributed by atoms with E-state index >= 15 is 0 Å². The maximum atomic E-state index is 12.8. The first-order valence-electron chi connectivity index (χ1n) is 4.27. The Morgan fingerprint density at radius 2 is 1.94 bits per heavy atom. The zero-order valence-electron chi connectivity index (χ0n) is 7.75. The number of rotatable bonds is 2. The van der Waals surface area contributed by atoms with Crippen molar-refractivity contribution in [3.63, 3.8) is 0 Å². The van der Waals surface area contributed by atoms with E-state index in [1.54, 1.807) is 0 Å². The van der Waals surface area contributed by atoms with Crippen molar-refractivity contribution in [2.75, 3.05) is 0 Å². The molecule has 0 aliphatic rings. The van der Waals surface area contributed by atoms with Crippen molar-refractivity contribution in [1.82, 2.24) is 4.98 Å². The van der Waals surface area contributed by atoms with Gasteiger partial charge in [0, 0.05) is 11.8 Å². The van der Waals surface area contributed by atoms with Crippen LogP contribution in [0.5, 0.6) is 0 Å². The van der Waals surface area contributed by atoms with Gasteiger partial charge in [0.05, 0.1) is 0 Å². The molecule has 0 saturated heterocycles. The van der Waals surface area contributed by atoms with Gasteiger partial charge in [-0.25, -0.2) is 18.2 Å². The predicted octanol–water partition coefficient (Wildman–Crippen LogP) is 3.56. The van der Waals surface area contributed by atoms with E-state index in [0.717, 1.165) is 18.3 Å². The van der Waals surface area contributed by atoms with E-state index in [9.17, 15) is 17.6 Å². The van der Waals surface area contributed by atoms with Gasteiger partial charge in [0.25, 0.3) is 6.43 Å². The van der Waals surface area contributed by atoms with Gasteiger partial charge in [-0.15, -0.1) is 0 Å². The lowest BCUT2D eigenvalue weighted by Gasteiger charge is -1.97. The molecule has 0 amide bonds. The van der Waals surface area contributed by atoms with E-state index in [2.05, 4.69) is 4.98 Å². The Morgan fingerprint density at radius 1 is 1.19 bits per heavy atom. The highest BCUT2D eigenvalue weighted by molar-refractivity contribution is 5.56. The normalized spacial score (nSPS) is 11.1. The van der Waals surface area contributed by atoms with Crippen LogP contribution in [-0.4, -0.2) is 4.98 Å². The zero-order valence-corrected chi connectivity index (χ0v) is 7.75. The Morgan fingerprint density at radius 3 is 2.50 bits per heavy atom. The fourth-order valence-electron chi connectivity index (χ4n) is 1.18. The van der Waals surface area contributed by atoms with Crippen LogP contribution in [0.2, 0.25) is 0 Å². The summed E-state index contributed by atoms with van der Waals surface area (Å²) in [6.45, 7) is 0. The molecule has 0 bridgehead atoms. The van der Waals surface area contributed by atoms with E-state index in [-0.39, 0.29) is 11.3 Å². The highest BCUT2D eigenvalue weighted by atomic mass is 19.3. The van der Waals surface area contributed by atoms with Gasteiger partial charge < -0.3 is 4.42 Å². The van der Waals surface area contributed by atoms with Crippen molar-refractivity contribution in [2.45, 2.75) is 6.43 Å². The van der Waals surface area contributed by atoms with Crippen LogP contribution in [0, 0.1) is 11.8 Å². The quantitative estimate of drug-likeness (QED) is 0.583. The lowest BCUT2D eigenvalue weighted by atomic mass is 10.2. The van der Waals surface area contributed by atoms with Crippen LogP contribution in [0.1, 0.15) is 12.2 Å². The largest absolute Gasteiger partial charge is 0.455 e. The third kappa shape index (κ3) is 1.91. The summed E-state index contributed by atoms with van der Waals surface area (Å²) in [4.78, 5) is 3.12. The van der Waals surface area contributed by atoms with Gasteiger partial charge in [0.1, 0.15) is 5.76 Å². The number of nitrogens with zero attached hydrogens (tertiary/aromatic N) is 1. The maximum absolute atomic E-state index is 12.8. The zero-order chi connectivity index (χ0) is 11.7. The molecule has 0 fully saturated rings. The second-order valence-corrected chi connectivity index (χ2v) is 3.00. The Labute approximate surface area is 87.5 Å². The Kier molecular flexibility index (Phi) is 2.64. The summed E-state index contributed by atoms with van der Waals surface area (Å²) >= 11 is 0. The summed E-state index contributed by atoms with van der Waals surface area (Å²) in [7, 11) is 0. The van der Waals surface area contributed by atoms with Crippen molar-refractivity contribution in [3.8, 4) is 11.3 Å². The predicted molar refractivity (Wildman–Crippen MR) is 46.8 cm³/mol. The first-order valence-corrected chi connectivity index (χ1v) is 4.27. The lowest BCUT2D eigenvalue weighted by molar-refractivity contribution is 0.123. The number of aromatic nitrogens is 1. The van der Waals surface area contributed by atoms with Crippen LogP contribution in [0.15, 0.2) is 28.8 Å². The molecule has 2 nitrogen and oxygen atoms in total. The van der Waals surface area contributed by atoms with Crippen molar-refractivity contribution in [3.05, 3.63) is 41.9 Å². The van der Waals surface area contributed by atoms with Crippen molar-refractivity contribution < 1.29 is 22.0 Å². The van der Waals surface area contributed by atoms with Crippen LogP contribution in [-0.2, 0) is 0 Å². The lowest BCUT2D eigenvalue weighted by Crippen LogP contribution is -1.89. The molecular weight excluding hydrogens is 226 g/mol. The van der Waals surface area contributed by atoms with Crippen molar-refractivity contribution >= 4 is 0 Å². The Balaban J connectivity index is 2.39. The van der Waals surface area contributed by atoms with Crippen LogP contribution in [0.25, 0.3) is 11.3 Å². The molecule has 0 N–H and O–H groups in total. The number of furan rings is 1. The molecule has 0 spiro atoms. The smallest absolute Gasteiger partial charge is 0.295 e. The van der Waals surface area contributed by atoms with Crippen LogP contribution in [0.4, 0.5) is 17.6 Å². The van der Waals surface area contributed by atoms with Gasteiger partial charge in [-0.3, -0.25) is 0 Å². The van der Waals surface area contributed by atoms with Gasteiger partial charge >= 0.3 is 0 Å². The SMILES string of the molecule is Fc1cc(-c2ccc(C(F)F)o2)cnc1F. The molecule has 0 atom stereocenters. The first kappa shape index (κ1) is 10.7. The third-order valence-electron chi connectivity index (χ3n) is 1.92. The number of hydrogen-bond acceptors (Lipinski definition) is 2. The molecule has 0 radical (unpaired) electrons. The van der Waals surface area contributed by atoms with E-state index in [1.807, 2.05) is 0 Å². The van der Waals surface area contributed by atoms with Gasteiger partial charge in [0.15, 0.2) is 11.6 Å². The van der Waals surface area contributed by atoms with Crippen LogP contribution >= 0.6 is 0 Å². The molecule has 2 rings (SSSR count). The molecule has 0 saturated carbocycles. The number of alkyl halides is 2. The molecular formula is C10H5F4NO. The van der Waals surface area contributed by atoms with Crippen molar-refractivity contribution in [1.29, 1.82) is 0 Å². The molecule has 0 aliphatic carbocycles. The van der Waals surface area contributed by atoms with Gasteiger partial charge in [-0.2, -0.15) is 4.39 Å². The van der Waals surface area contributed by atoms with Crippen molar-refractivity contribution in [2.24, 2.45) is 0 Å². The van der Waals surface area contributed by atoms with Crippen LogP contribution in [0.3, 0.4) is 0 Å². The molecule has 6 heteroatoms. The minimum atomic E-state index is -2.74. The van der Waals surface area contributed by atoms with Gasteiger partial charge in [-0.1, -0.05) is 0 Å². The molecule has 2 aromatic heterocycles. The summed E-state index contributed by atoms with van der Waals surface area (Å²) < 4.78 is 54.5. The minimum absolute atomic E-state index is 0.0155. The average molecular weight is 231 g/mol. The highest BCUT2D eigenvalue weighted by Crippen LogP contribution is 2.27. The molecule has 0 aliphatic heterocycles. The summed E-state index contributed by atoms with van der Waals surface area (Å²) in [5, 5.41) is 0. The number of hydrogen-bond donors (Lipinski definition) is 0. The minimum Gasteiger partial charge on any atom is -0.455 e. The average Bonchev–Trinajstić information content (AvgIpc) is 2.71. The summed E-state index contributed by atoms with van der Waals surface area (Å²) in [5.74, 6) is -2.92. The monoisotopic (exact) mass is 231 g/mol. The second kappa shape index (κ2) is 3.96. The molecule has 2 aromatic rings. The summed E-state index contributed by atoms with van der Waals surface area (Å²) in [6, 6.07) is 3.15. The summed E-state index contributed by atoms with van der Waals surface area (Å²) in [5.41, 5.74) is 0.103. The first-order chi connectivity index (χ1) is 7.58. The topological polar surface area (TPSA) is 26.0 Å².